The molecular weight excluding hydrogens is 314 g/mol. The summed E-state index contributed by atoms with van der Waals surface area (Å²) in [5.41, 5.74) is 4.47. The number of nitrogens with one attached hydrogen (secondary N) is 1. The fraction of sp³-hybridized carbons (Fsp3) is 0.533. The van der Waals surface area contributed by atoms with E-state index >= 15 is 0 Å². The van der Waals surface area contributed by atoms with Crippen molar-refractivity contribution in [3.63, 3.8) is 0 Å². The summed E-state index contributed by atoms with van der Waals surface area (Å²) >= 11 is 0. The molecule has 23 heavy (non-hydrogen) atoms. The van der Waals surface area contributed by atoms with E-state index in [2.05, 4.69) is 20.2 Å². The van der Waals surface area contributed by atoms with E-state index in [1.165, 1.54) is 10.6 Å². The maximum atomic E-state index is 11.7. The largest absolute Gasteiger partial charge is 0.282 e. The molecular formula is C15H21N5O2S. The molecule has 1 aliphatic rings. The van der Waals surface area contributed by atoms with Crippen LogP contribution >= 0.6 is 0 Å². The molecule has 0 bridgehead atoms. The zero-order valence-corrected chi connectivity index (χ0v) is 14.4. The Morgan fingerprint density at radius 2 is 2.04 bits per heavy atom. The predicted octanol–water partition coefficient (Wildman–Crippen LogP) is 1.62. The lowest BCUT2D eigenvalue weighted by molar-refractivity contribution is 0.314. The van der Waals surface area contributed by atoms with Crippen LogP contribution in [-0.4, -0.2) is 52.2 Å². The van der Waals surface area contributed by atoms with Crippen LogP contribution in [0.5, 0.6) is 0 Å². The van der Waals surface area contributed by atoms with Crippen LogP contribution in [0.1, 0.15) is 35.8 Å². The van der Waals surface area contributed by atoms with E-state index in [-0.39, 0.29) is 5.92 Å². The average Bonchev–Trinajstić information content (AvgIpc) is 2.86. The summed E-state index contributed by atoms with van der Waals surface area (Å²) < 4.78 is 25.0. The third-order valence-electron chi connectivity index (χ3n) is 4.33. The molecule has 2 aromatic heterocycles. The van der Waals surface area contributed by atoms with Crippen molar-refractivity contribution in [2.45, 2.75) is 32.6 Å². The van der Waals surface area contributed by atoms with Crippen LogP contribution < -0.4 is 0 Å². The van der Waals surface area contributed by atoms with Gasteiger partial charge in [0.2, 0.25) is 10.0 Å². The molecule has 1 fully saturated rings. The van der Waals surface area contributed by atoms with Crippen LogP contribution in [0.15, 0.2) is 12.4 Å². The first kappa shape index (κ1) is 16.1. The number of hydrogen-bond donors (Lipinski definition) is 1. The summed E-state index contributed by atoms with van der Waals surface area (Å²) in [6.45, 7) is 4.96. The lowest BCUT2D eigenvalue weighted by atomic mass is 9.96. The van der Waals surface area contributed by atoms with Gasteiger partial charge in [-0.2, -0.15) is 5.10 Å². The molecule has 3 rings (SSSR count). The number of aromatic amines is 1. The highest BCUT2D eigenvalue weighted by Crippen LogP contribution is 2.28. The second kappa shape index (κ2) is 6.01. The molecule has 7 nitrogen and oxygen atoms in total. The molecule has 0 saturated carbocycles. The minimum absolute atomic E-state index is 0.103. The van der Waals surface area contributed by atoms with E-state index in [1.807, 2.05) is 13.8 Å². The summed E-state index contributed by atoms with van der Waals surface area (Å²) in [5.74, 6) is 0.103. The Balaban J connectivity index is 1.82. The highest BCUT2D eigenvalue weighted by atomic mass is 32.2. The zero-order valence-electron chi connectivity index (χ0n) is 13.6. The molecule has 0 radical (unpaired) electrons. The molecule has 0 spiro atoms. The number of aromatic nitrogens is 4. The summed E-state index contributed by atoms with van der Waals surface area (Å²) in [4.78, 5) is 9.05. The van der Waals surface area contributed by atoms with Gasteiger partial charge in [0.25, 0.3) is 0 Å². The topological polar surface area (TPSA) is 91.8 Å². The summed E-state index contributed by atoms with van der Waals surface area (Å²) in [5, 5.41) is 7.12. The van der Waals surface area contributed by atoms with Crippen LogP contribution in [0.3, 0.4) is 0 Å². The molecule has 1 atom stereocenters. The molecule has 1 aliphatic heterocycles. The first-order valence-electron chi connectivity index (χ1n) is 7.65. The third kappa shape index (κ3) is 3.28. The minimum atomic E-state index is -3.15. The lowest BCUT2D eigenvalue weighted by Crippen LogP contribution is -2.38. The Morgan fingerprint density at radius 3 is 2.61 bits per heavy atom. The van der Waals surface area contributed by atoms with Crippen molar-refractivity contribution >= 4 is 10.0 Å². The Hall–Kier alpha value is -1.80. The maximum Gasteiger partial charge on any atom is 0.211 e. The van der Waals surface area contributed by atoms with E-state index in [4.69, 9.17) is 0 Å². The summed E-state index contributed by atoms with van der Waals surface area (Å²) in [7, 11) is -3.15. The fourth-order valence-electron chi connectivity index (χ4n) is 3.09. The van der Waals surface area contributed by atoms with Gasteiger partial charge in [0.05, 0.1) is 29.5 Å². The zero-order chi connectivity index (χ0) is 16.6. The van der Waals surface area contributed by atoms with E-state index in [1.54, 1.807) is 12.4 Å². The van der Waals surface area contributed by atoms with Gasteiger partial charge < -0.3 is 0 Å². The summed E-state index contributed by atoms with van der Waals surface area (Å²) in [6.07, 6.45) is 6.55. The van der Waals surface area contributed by atoms with Crippen LogP contribution in [-0.2, 0) is 10.0 Å². The van der Waals surface area contributed by atoms with Gasteiger partial charge in [0.1, 0.15) is 0 Å². The van der Waals surface area contributed by atoms with Crippen molar-refractivity contribution in [1.29, 1.82) is 0 Å². The standard InChI is InChI=1S/C15H21N5O2S/c1-10-15(11(2)19-18-10)14-8-16-13(7-17-14)12-5-4-6-20(9-12)23(3,21)22/h7-8,12H,4-6,9H2,1-3H3,(H,18,19)/t12-/m1/s1. The number of piperidine rings is 1. The minimum Gasteiger partial charge on any atom is -0.282 e. The monoisotopic (exact) mass is 335 g/mol. The molecule has 3 heterocycles. The molecule has 0 amide bonds. The Kier molecular flexibility index (Phi) is 4.20. The molecule has 0 aliphatic carbocycles. The number of aryl methyl sites for hydroxylation is 2. The highest BCUT2D eigenvalue weighted by Gasteiger charge is 2.27. The lowest BCUT2D eigenvalue weighted by Gasteiger charge is -2.30. The van der Waals surface area contributed by atoms with Crippen LogP contribution in [0.2, 0.25) is 0 Å². The molecule has 0 unspecified atom stereocenters. The maximum absolute atomic E-state index is 11.7. The van der Waals surface area contributed by atoms with Crippen molar-refractivity contribution in [2.24, 2.45) is 0 Å². The van der Waals surface area contributed by atoms with Crippen molar-refractivity contribution in [3.8, 4) is 11.3 Å². The Labute approximate surface area is 136 Å². The molecule has 1 saturated heterocycles. The van der Waals surface area contributed by atoms with E-state index in [9.17, 15) is 8.42 Å². The highest BCUT2D eigenvalue weighted by molar-refractivity contribution is 7.88. The third-order valence-corrected chi connectivity index (χ3v) is 5.60. The SMILES string of the molecule is Cc1n[nH]c(C)c1-c1cnc([C@@H]2CCCN(S(C)(=O)=O)C2)cn1. The number of rotatable bonds is 3. The average molecular weight is 335 g/mol. The Bertz CT molecular complexity index is 778. The fourth-order valence-corrected chi connectivity index (χ4v) is 4.00. The smallest absolute Gasteiger partial charge is 0.211 e. The van der Waals surface area contributed by atoms with Gasteiger partial charge in [0, 0.05) is 36.5 Å². The second-order valence-electron chi connectivity index (χ2n) is 6.10. The molecule has 1 N–H and O–H groups in total. The second-order valence-corrected chi connectivity index (χ2v) is 8.08. The first-order chi connectivity index (χ1) is 10.9. The van der Waals surface area contributed by atoms with Gasteiger partial charge in [-0.05, 0) is 26.7 Å². The van der Waals surface area contributed by atoms with Crippen molar-refractivity contribution in [2.75, 3.05) is 19.3 Å². The molecule has 2 aromatic rings. The Morgan fingerprint density at radius 1 is 1.26 bits per heavy atom. The van der Waals surface area contributed by atoms with Gasteiger partial charge in [-0.25, -0.2) is 12.7 Å². The van der Waals surface area contributed by atoms with Crippen LogP contribution in [0.4, 0.5) is 0 Å². The normalized spacial score (nSPS) is 19.9. The van der Waals surface area contributed by atoms with Crippen molar-refractivity contribution in [1.82, 2.24) is 24.5 Å². The van der Waals surface area contributed by atoms with E-state index in [0.29, 0.717) is 13.1 Å². The first-order valence-corrected chi connectivity index (χ1v) is 9.50. The van der Waals surface area contributed by atoms with Crippen molar-refractivity contribution < 1.29 is 8.42 Å². The van der Waals surface area contributed by atoms with Crippen LogP contribution in [0.25, 0.3) is 11.3 Å². The van der Waals surface area contributed by atoms with Gasteiger partial charge in [-0.15, -0.1) is 0 Å². The number of sulfonamides is 1. The van der Waals surface area contributed by atoms with E-state index in [0.717, 1.165) is 41.2 Å². The molecule has 124 valence electrons. The predicted molar refractivity (Wildman–Crippen MR) is 87.5 cm³/mol. The van der Waals surface area contributed by atoms with Crippen molar-refractivity contribution in [3.05, 3.63) is 29.5 Å². The van der Waals surface area contributed by atoms with Gasteiger partial charge in [-0.3, -0.25) is 15.1 Å². The van der Waals surface area contributed by atoms with Gasteiger partial charge >= 0.3 is 0 Å². The van der Waals surface area contributed by atoms with Gasteiger partial charge in [0.15, 0.2) is 0 Å². The molecule has 8 heteroatoms. The van der Waals surface area contributed by atoms with Gasteiger partial charge in [-0.1, -0.05) is 0 Å². The summed E-state index contributed by atoms with van der Waals surface area (Å²) in [6, 6.07) is 0. The number of H-pyrrole nitrogens is 1. The quantitative estimate of drug-likeness (QED) is 0.920. The van der Waals surface area contributed by atoms with E-state index < -0.39 is 10.0 Å². The number of nitrogens with zero attached hydrogens (tertiary/aromatic N) is 4. The number of hydrogen-bond acceptors (Lipinski definition) is 5. The molecule has 0 aromatic carbocycles. The van der Waals surface area contributed by atoms with Crippen LogP contribution in [0, 0.1) is 13.8 Å².